The van der Waals surface area contributed by atoms with Gasteiger partial charge in [0, 0.05) is 41.9 Å². The predicted molar refractivity (Wildman–Crippen MR) is 182 cm³/mol. The van der Waals surface area contributed by atoms with Gasteiger partial charge in [-0.2, -0.15) is 0 Å². The van der Waals surface area contributed by atoms with E-state index in [1.54, 1.807) is 0 Å². The number of thiophene rings is 1. The van der Waals surface area contributed by atoms with Crippen LogP contribution in [0.4, 0.5) is 0 Å². The van der Waals surface area contributed by atoms with Gasteiger partial charge in [0.1, 0.15) is 22.5 Å². The highest BCUT2D eigenvalue weighted by Crippen LogP contribution is 2.47. The van der Waals surface area contributed by atoms with Crippen LogP contribution in [0.5, 0.6) is 0 Å². The smallest absolute Gasteiger partial charge is 0.136 e. The zero-order chi connectivity index (χ0) is 28.1. The van der Waals surface area contributed by atoms with E-state index in [1.807, 2.05) is 35.6 Å². The molecular weight excluding hydrogens is 545 g/mol. The van der Waals surface area contributed by atoms with Gasteiger partial charge in [0.05, 0.1) is 0 Å². The zero-order valence-corrected chi connectivity index (χ0v) is 23.7. The Kier molecular flexibility index (Phi) is 4.63. The fourth-order valence-corrected chi connectivity index (χ4v) is 8.13. The molecule has 0 amide bonds. The molecule has 0 saturated carbocycles. The molecule has 7 aromatic carbocycles. The lowest BCUT2D eigenvalue weighted by molar-refractivity contribution is 0.632. The van der Waals surface area contributed by atoms with Gasteiger partial charge in [-0.15, -0.1) is 11.3 Å². The summed E-state index contributed by atoms with van der Waals surface area (Å²) < 4.78 is 15.5. The van der Waals surface area contributed by atoms with Crippen molar-refractivity contribution in [3.63, 3.8) is 0 Å². The van der Waals surface area contributed by atoms with E-state index in [0.29, 0.717) is 0 Å². The summed E-state index contributed by atoms with van der Waals surface area (Å²) in [5.74, 6) is 0.867. The third-order valence-electron chi connectivity index (χ3n) is 8.88. The number of fused-ring (bicyclic) bond motifs is 10. The van der Waals surface area contributed by atoms with Crippen LogP contribution in [-0.2, 0) is 0 Å². The van der Waals surface area contributed by atoms with Gasteiger partial charge < -0.3 is 8.83 Å². The van der Waals surface area contributed by atoms with Gasteiger partial charge in [-0.05, 0) is 75.1 Å². The van der Waals surface area contributed by atoms with E-state index in [0.717, 1.165) is 44.2 Å². The van der Waals surface area contributed by atoms with Crippen molar-refractivity contribution in [3.05, 3.63) is 133 Å². The first-order chi connectivity index (χ1) is 21.3. The summed E-state index contributed by atoms with van der Waals surface area (Å²) in [4.78, 5) is 0. The molecule has 0 N–H and O–H groups in total. The van der Waals surface area contributed by atoms with Gasteiger partial charge in [-0.3, -0.25) is 0 Å². The third-order valence-corrected chi connectivity index (χ3v) is 10.0. The second-order valence-electron chi connectivity index (χ2n) is 11.2. The van der Waals surface area contributed by atoms with Crippen LogP contribution < -0.4 is 0 Å². The van der Waals surface area contributed by atoms with E-state index < -0.39 is 0 Å². The minimum absolute atomic E-state index is 0.862. The maximum absolute atomic E-state index is 6.70. The fraction of sp³-hybridized carbons (Fsp3) is 0. The van der Waals surface area contributed by atoms with E-state index >= 15 is 0 Å². The molecule has 0 bridgehead atoms. The van der Waals surface area contributed by atoms with Crippen molar-refractivity contribution in [2.45, 2.75) is 0 Å². The number of rotatable bonds is 2. The molecule has 0 fully saturated rings. The lowest BCUT2D eigenvalue weighted by Gasteiger charge is -2.16. The predicted octanol–water partition coefficient (Wildman–Crippen LogP) is 12.3. The summed E-state index contributed by atoms with van der Waals surface area (Å²) in [5.41, 5.74) is 6.23. The minimum atomic E-state index is 0.862. The highest BCUT2D eigenvalue weighted by Gasteiger charge is 2.21. The van der Waals surface area contributed by atoms with E-state index in [9.17, 15) is 0 Å². The average Bonchev–Trinajstić information content (AvgIpc) is 3.76. The van der Waals surface area contributed by atoms with Crippen LogP contribution in [0.3, 0.4) is 0 Å². The van der Waals surface area contributed by atoms with Crippen LogP contribution in [0.1, 0.15) is 0 Å². The Morgan fingerprint density at radius 1 is 0.372 bits per heavy atom. The molecule has 10 aromatic rings. The molecular formula is C40H22O2S. The summed E-state index contributed by atoms with van der Waals surface area (Å²) in [6, 6.07) is 47.6. The van der Waals surface area contributed by atoms with E-state index in [-0.39, 0.29) is 0 Å². The average molecular weight is 567 g/mol. The molecule has 10 rings (SSSR count). The lowest BCUT2D eigenvalue weighted by Crippen LogP contribution is -1.89. The van der Waals surface area contributed by atoms with Gasteiger partial charge in [0.2, 0.25) is 0 Å². The van der Waals surface area contributed by atoms with Crippen LogP contribution in [0, 0.1) is 0 Å². The quantitative estimate of drug-likeness (QED) is 0.195. The van der Waals surface area contributed by atoms with Gasteiger partial charge in [-0.25, -0.2) is 0 Å². The number of hydrogen-bond donors (Lipinski definition) is 0. The highest BCUT2D eigenvalue weighted by molar-refractivity contribution is 7.25. The standard InChI is InChI=1S/C40H22O2S/c1-3-12-27-25(10-1)38(23-17-20-37-30(21-23)24-9-6-8-16-36(24)43-37)26-11-2-4-13-28(26)39(27)35-22-31-33(42-35)18-19-34-40(31)29-14-5-7-15-32(29)41-34/h1-22H. The molecule has 3 aromatic heterocycles. The van der Waals surface area contributed by atoms with E-state index in [1.165, 1.54) is 52.8 Å². The van der Waals surface area contributed by atoms with Crippen LogP contribution in [0.2, 0.25) is 0 Å². The van der Waals surface area contributed by atoms with Crippen molar-refractivity contribution in [2.75, 3.05) is 0 Å². The van der Waals surface area contributed by atoms with E-state index in [4.69, 9.17) is 8.83 Å². The molecule has 0 spiro atoms. The van der Waals surface area contributed by atoms with Gasteiger partial charge >= 0.3 is 0 Å². The SMILES string of the molecule is c1ccc2c(c1)oc1ccc3oc(-c4c5ccccc5c(-c5ccc6sc7ccccc7c6c5)c5ccccc45)cc3c12. The lowest BCUT2D eigenvalue weighted by atomic mass is 9.87. The van der Waals surface area contributed by atoms with Crippen molar-refractivity contribution >= 4 is 86.0 Å². The maximum atomic E-state index is 6.70. The Morgan fingerprint density at radius 2 is 0.953 bits per heavy atom. The van der Waals surface area contributed by atoms with E-state index in [2.05, 4.69) is 109 Å². The normalized spacial score (nSPS) is 12.2. The molecule has 0 atom stereocenters. The molecule has 43 heavy (non-hydrogen) atoms. The Labute approximate surface area is 250 Å². The number of hydrogen-bond acceptors (Lipinski definition) is 3. The largest absolute Gasteiger partial charge is 0.456 e. The highest BCUT2D eigenvalue weighted by atomic mass is 32.1. The second kappa shape index (κ2) is 8.57. The van der Waals surface area contributed by atoms with Crippen LogP contribution in [0.25, 0.3) is 97.1 Å². The van der Waals surface area contributed by atoms with Crippen molar-refractivity contribution < 1.29 is 8.83 Å². The van der Waals surface area contributed by atoms with Gasteiger partial charge in [0.25, 0.3) is 0 Å². The monoisotopic (exact) mass is 566 g/mol. The summed E-state index contributed by atoms with van der Waals surface area (Å²) in [5, 5.41) is 10.7. The van der Waals surface area contributed by atoms with Crippen LogP contribution >= 0.6 is 11.3 Å². The molecule has 0 saturated heterocycles. The van der Waals surface area contributed by atoms with Crippen molar-refractivity contribution in [1.29, 1.82) is 0 Å². The van der Waals surface area contributed by atoms with Crippen LogP contribution in [-0.4, -0.2) is 0 Å². The number of furan rings is 2. The van der Waals surface area contributed by atoms with Crippen molar-refractivity contribution in [3.8, 4) is 22.5 Å². The first-order valence-corrected chi connectivity index (χ1v) is 15.3. The molecule has 0 aliphatic rings. The van der Waals surface area contributed by atoms with Crippen LogP contribution in [0.15, 0.2) is 142 Å². The second-order valence-corrected chi connectivity index (χ2v) is 12.3. The molecule has 0 aliphatic carbocycles. The maximum Gasteiger partial charge on any atom is 0.136 e. The zero-order valence-electron chi connectivity index (χ0n) is 22.9. The Balaban J connectivity index is 1.30. The molecule has 0 aliphatic heterocycles. The molecule has 0 unspecified atom stereocenters. The summed E-state index contributed by atoms with van der Waals surface area (Å²) in [6.07, 6.45) is 0. The van der Waals surface area contributed by atoms with Crippen molar-refractivity contribution in [2.24, 2.45) is 0 Å². The Morgan fingerprint density at radius 3 is 1.72 bits per heavy atom. The Hall–Kier alpha value is -5.38. The first kappa shape index (κ1) is 23.2. The molecule has 0 radical (unpaired) electrons. The third kappa shape index (κ3) is 3.23. The topological polar surface area (TPSA) is 26.3 Å². The molecule has 200 valence electrons. The first-order valence-electron chi connectivity index (χ1n) is 14.5. The summed E-state index contributed by atoms with van der Waals surface area (Å²) in [7, 11) is 0. The molecule has 3 heterocycles. The minimum Gasteiger partial charge on any atom is -0.456 e. The number of benzene rings is 7. The number of para-hydroxylation sites is 1. The summed E-state index contributed by atoms with van der Waals surface area (Å²) >= 11 is 1.86. The molecule has 2 nitrogen and oxygen atoms in total. The van der Waals surface area contributed by atoms with Gasteiger partial charge in [-0.1, -0.05) is 91.0 Å². The Bertz CT molecular complexity index is 2680. The van der Waals surface area contributed by atoms with Crippen molar-refractivity contribution in [1.82, 2.24) is 0 Å². The summed E-state index contributed by atoms with van der Waals surface area (Å²) in [6.45, 7) is 0. The van der Waals surface area contributed by atoms with Gasteiger partial charge in [0.15, 0.2) is 0 Å². The molecule has 3 heteroatoms. The fourth-order valence-electron chi connectivity index (χ4n) is 7.04.